The molecule has 0 saturated heterocycles. The van der Waals surface area contributed by atoms with E-state index in [1.54, 1.807) is 0 Å². The van der Waals surface area contributed by atoms with E-state index < -0.39 is 40.4 Å². The standard InChI is InChI=1S/C18H14ClF4N3O3S/c1-8-24-16(18(21,22)23)15(30-8)17(28)26-10-4-9(5-10)25-14(27)7-29-11-2-3-12(19)13(20)6-11/h2-4,6,9H,5,7H2,1H3,(H,25,27)(H,26,28). The van der Waals surface area contributed by atoms with E-state index in [1.807, 2.05) is 0 Å². The number of nitrogens with one attached hydrogen (secondary N) is 2. The number of hydrogen-bond donors (Lipinski definition) is 2. The lowest BCUT2D eigenvalue weighted by Crippen LogP contribution is -2.43. The molecule has 12 heteroatoms. The van der Waals surface area contributed by atoms with E-state index in [1.165, 1.54) is 25.1 Å². The molecule has 6 nitrogen and oxygen atoms in total. The maximum atomic E-state index is 13.3. The fourth-order valence-electron chi connectivity index (χ4n) is 2.57. The molecule has 0 fully saturated rings. The summed E-state index contributed by atoms with van der Waals surface area (Å²) >= 11 is 6.21. The summed E-state index contributed by atoms with van der Waals surface area (Å²) < 4.78 is 57.4. The first-order valence-corrected chi connectivity index (χ1v) is 9.66. The van der Waals surface area contributed by atoms with Crippen LogP contribution >= 0.6 is 22.9 Å². The third kappa shape index (κ3) is 5.28. The number of halogens is 5. The Labute approximate surface area is 176 Å². The summed E-state index contributed by atoms with van der Waals surface area (Å²) in [5.74, 6) is -1.95. The van der Waals surface area contributed by atoms with Gasteiger partial charge in [-0.2, -0.15) is 13.2 Å². The molecule has 1 atom stereocenters. The Bertz CT molecular complexity index is 1020. The lowest BCUT2D eigenvalue weighted by Gasteiger charge is -2.26. The van der Waals surface area contributed by atoms with Gasteiger partial charge in [-0.05, 0) is 25.1 Å². The van der Waals surface area contributed by atoms with Crippen LogP contribution in [0.15, 0.2) is 30.0 Å². The van der Waals surface area contributed by atoms with Crippen LogP contribution in [0.1, 0.15) is 26.8 Å². The topological polar surface area (TPSA) is 80.3 Å². The third-order valence-electron chi connectivity index (χ3n) is 3.93. The lowest BCUT2D eigenvalue weighted by molar-refractivity contribution is -0.141. The number of benzene rings is 1. The van der Waals surface area contributed by atoms with Crippen LogP contribution in [0.5, 0.6) is 5.75 Å². The number of aryl methyl sites for hydroxylation is 1. The molecule has 2 N–H and O–H groups in total. The van der Waals surface area contributed by atoms with Gasteiger partial charge in [-0.1, -0.05) is 11.6 Å². The quantitative estimate of drug-likeness (QED) is 0.638. The first-order valence-electron chi connectivity index (χ1n) is 8.47. The Hall–Kier alpha value is -2.66. The van der Waals surface area contributed by atoms with E-state index in [2.05, 4.69) is 15.6 Å². The maximum Gasteiger partial charge on any atom is 0.435 e. The van der Waals surface area contributed by atoms with Crippen molar-refractivity contribution >= 4 is 34.8 Å². The predicted molar refractivity (Wildman–Crippen MR) is 101 cm³/mol. The van der Waals surface area contributed by atoms with Crippen LogP contribution in [0.2, 0.25) is 5.02 Å². The van der Waals surface area contributed by atoms with Crippen molar-refractivity contribution in [3.63, 3.8) is 0 Å². The lowest BCUT2D eigenvalue weighted by atomic mass is 9.99. The smallest absolute Gasteiger partial charge is 0.435 e. The number of hydrogen-bond acceptors (Lipinski definition) is 5. The average molecular weight is 464 g/mol. The van der Waals surface area contributed by atoms with Gasteiger partial charge in [-0.3, -0.25) is 9.59 Å². The van der Waals surface area contributed by atoms with Crippen LogP contribution in [0.4, 0.5) is 17.6 Å². The van der Waals surface area contributed by atoms with Crippen LogP contribution < -0.4 is 15.4 Å². The van der Waals surface area contributed by atoms with Crippen molar-refractivity contribution in [2.24, 2.45) is 0 Å². The van der Waals surface area contributed by atoms with Crippen molar-refractivity contribution in [3.05, 3.63) is 56.4 Å². The van der Waals surface area contributed by atoms with Gasteiger partial charge in [0.15, 0.2) is 12.3 Å². The predicted octanol–water partition coefficient (Wildman–Crippen LogP) is 3.84. The summed E-state index contributed by atoms with van der Waals surface area (Å²) in [6.07, 6.45) is -3.00. The van der Waals surface area contributed by atoms with Crippen LogP contribution in [0.25, 0.3) is 0 Å². The molecular weight excluding hydrogens is 450 g/mol. The molecule has 0 radical (unpaired) electrons. The average Bonchev–Trinajstić information content (AvgIpc) is 3.03. The summed E-state index contributed by atoms with van der Waals surface area (Å²) in [6.45, 7) is 1.01. The van der Waals surface area contributed by atoms with E-state index in [0.29, 0.717) is 17.0 Å². The van der Waals surface area contributed by atoms with Crippen LogP contribution in [0.3, 0.4) is 0 Å². The van der Waals surface area contributed by atoms with E-state index in [-0.39, 0.29) is 28.8 Å². The molecule has 1 aliphatic rings. The molecule has 1 unspecified atom stereocenters. The maximum absolute atomic E-state index is 13.3. The third-order valence-corrected chi connectivity index (χ3v) is 5.21. The number of alkyl halides is 3. The SMILES string of the molecule is Cc1nc(C(F)(F)F)c(C(=O)NC2=CC(NC(=O)COc3ccc(Cl)c(F)c3)C2)s1. The molecule has 2 amide bonds. The molecule has 1 aromatic carbocycles. The molecular formula is C18H14ClF4N3O3S. The summed E-state index contributed by atoms with van der Waals surface area (Å²) in [7, 11) is 0. The first kappa shape index (κ1) is 22.0. The van der Waals surface area contributed by atoms with E-state index in [0.717, 1.165) is 6.07 Å². The number of carbonyl (C=O) groups excluding carboxylic acids is 2. The zero-order chi connectivity index (χ0) is 22.1. The largest absolute Gasteiger partial charge is 0.484 e. The van der Waals surface area contributed by atoms with Crippen molar-refractivity contribution in [3.8, 4) is 5.75 Å². The number of carbonyl (C=O) groups is 2. The number of thiazole rings is 1. The number of ether oxygens (including phenoxy) is 1. The minimum absolute atomic E-state index is 0.0724. The molecule has 30 heavy (non-hydrogen) atoms. The van der Waals surface area contributed by atoms with Crippen molar-refractivity contribution < 1.29 is 31.9 Å². The molecule has 1 aromatic heterocycles. The minimum atomic E-state index is -4.73. The molecule has 160 valence electrons. The Balaban J connectivity index is 1.49. The van der Waals surface area contributed by atoms with Crippen LogP contribution in [-0.4, -0.2) is 29.4 Å². The molecule has 0 saturated carbocycles. The molecule has 3 rings (SSSR count). The van der Waals surface area contributed by atoms with Gasteiger partial charge in [0.05, 0.1) is 16.1 Å². The van der Waals surface area contributed by atoms with Gasteiger partial charge in [-0.15, -0.1) is 11.3 Å². The van der Waals surface area contributed by atoms with Gasteiger partial charge < -0.3 is 15.4 Å². The summed E-state index contributed by atoms with van der Waals surface area (Å²) in [5.41, 5.74) is -0.840. The van der Waals surface area contributed by atoms with Gasteiger partial charge in [0.2, 0.25) is 0 Å². The molecule has 1 aliphatic carbocycles. The van der Waals surface area contributed by atoms with E-state index >= 15 is 0 Å². The van der Waals surface area contributed by atoms with Crippen molar-refractivity contribution in [1.29, 1.82) is 0 Å². The van der Waals surface area contributed by atoms with Crippen molar-refractivity contribution in [1.82, 2.24) is 15.6 Å². The normalized spacial score (nSPS) is 15.8. The van der Waals surface area contributed by atoms with Crippen LogP contribution in [0, 0.1) is 12.7 Å². The fraction of sp³-hybridized carbons (Fsp3) is 0.278. The number of nitrogens with zero attached hydrogens (tertiary/aromatic N) is 1. The molecule has 0 spiro atoms. The van der Waals surface area contributed by atoms with E-state index in [9.17, 15) is 27.2 Å². The highest BCUT2D eigenvalue weighted by atomic mass is 35.5. The monoisotopic (exact) mass is 463 g/mol. The number of aromatic nitrogens is 1. The second-order valence-corrected chi connectivity index (χ2v) is 7.91. The highest BCUT2D eigenvalue weighted by Gasteiger charge is 2.39. The number of amides is 2. The highest BCUT2D eigenvalue weighted by molar-refractivity contribution is 7.13. The number of rotatable bonds is 6. The second-order valence-electron chi connectivity index (χ2n) is 6.30. The van der Waals surface area contributed by atoms with Gasteiger partial charge in [0.25, 0.3) is 11.8 Å². The fourth-order valence-corrected chi connectivity index (χ4v) is 3.52. The first-order chi connectivity index (χ1) is 14.0. The summed E-state index contributed by atoms with van der Waals surface area (Å²) in [6, 6.07) is 3.33. The highest BCUT2D eigenvalue weighted by Crippen LogP contribution is 2.34. The van der Waals surface area contributed by atoms with Crippen molar-refractivity contribution in [2.75, 3.05) is 6.61 Å². The summed E-state index contributed by atoms with van der Waals surface area (Å²) in [4.78, 5) is 26.9. The zero-order valence-electron chi connectivity index (χ0n) is 15.3. The van der Waals surface area contributed by atoms with Gasteiger partial charge in [-0.25, -0.2) is 9.37 Å². The minimum Gasteiger partial charge on any atom is -0.484 e. The second kappa shape index (κ2) is 8.60. The molecule has 0 bridgehead atoms. The molecule has 0 aliphatic heterocycles. The molecule has 1 heterocycles. The van der Waals surface area contributed by atoms with Gasteiger partial charge in [0.1, 0.15) is 16.4 Å². The Morgan fingerprint density at radius 2 is 2.07 bits per heavy atom. The zero-order valence-corrected chi connectivity index (χ0v) is 16.8. The van der Waals surface area contributed by atoms with Crippen LogP contribution in [-0.2, 0) is 11.0 Å². The Morgan fingerprint density at radius 3 is 2.70 bits per heavy atom. The van der Waals surface area contributed by atoms with E-state index in [4.69, 9.17) is 16.3 Å². The molecule has 2 aromatic rings. The van der Waals surface area contributed by atoms with Gasteiger partial charge >= 0.3 is 6.18 Å². The summed E-state index contributed by atoms with van der Waals surface area (Å²) in [5, 5.41) is 5.03. The Morgan fingerprint density at radius 1 is 1.37 bits per heavy atom. The Kier molecular flexibility index (Phi) is 6.32. The van der Waals surface area contributed by atoms with Crippen molar-refractivity contribution in [2.45, 2.75) is 25.6 Å². The van der Waals surface area contributed by atoms with Gasteiger partial charge in [0, 0.05) is 18.2 Å².